The molecule has 0 unspecified atom stereocenters. The second kappa shape index (κ2) is 3.55. The summed E-state index contributed by atoms with van der Waals surface area (Å²) in [6.45, 7) is 1.93. The molecule has 78 valence electrons. The standard InChI is InChI=1S/C10H11ClN4/c1-6-7(4-3-5-8(6)11)9-13-10(12)15(2)14-9/h3-5H,1-2H3,(H2,12,13,14). The molecule has 2 aromatic rings. The van der Waals surface area contributed by atoms with Gasteiger partial charge in [-0.05, 0) is 18.6 Å². The summed E-state index contributed by atoms with van der Waals surface area (Å²) in [6.07, 6.45) is 0. The molecule has 0 aliphatic carbocycles. The number of nitrogen functional groups attached to an aromatic ring is 1. The van der Waals surface area contributed by atoms with Gasteiger partial charge in [0.2, 0.25) is 5.95 Å². The Morgan fingerprint density at radius 2 is 2.13 bits per heavy atom. The minimum absolute atomic E-state index is 0.393. The fraction of sp³-hybridized carbons (Fsp3) is 0.200. The normalized spacial score (nSPS) is 10.6. The van der Waals surface area contributed by atoms with Gasteiger partial charge in [0.15, 0.2) is 5.82 Å². The van der Waals surface area contributed by atoms with Crippen molar-refractivity contribution in [3.05, 3.63) is 28.8 Å². The molecule has 0 spiro atoms. The minimum Gasteiger partial charge on any atom is -0.368 e. The first-order valence-corrected chi connectivity index (χ1v) is 4.89. The van der Waals surface area contributed by atoms with E-state index in [0.717, 1.165) is 11.1 Å². The summed E-state index contributed by atoms with van der Waals surface area (Å²) >= 11 is 6.02. The summed E-state index contributed by atoms with van der Waals surface area (Å²) in [4.78, 5) is 4.15. The number of hydrogen-bond donors (Lipinski definition) is 1. The quantitative estimate of drug-likeness (QED) is 0.803. The van der Waals surface area contributed by atoms with E-state index < -0.39 is 0 Å². The van der Waals surface area contributed by atoms with E-state index in [2.05, 4.69) is 10.1 Å². The molecular formula is C10H11ClN4. The molecule has 4 nitrogen and oxygen atoms in total. The van der Waals surface area contributed by atoms with Gasteiger partial charge in [0.1, 0.15) is 0 Å². The van der Waals surface area contributed by atoms with Gasteiger partial charge in [-0.2, -0.15) is 4.98 Å². The van der Waals surface area contributed by atoms with Gasteiger partial charge in [-0.3, -0.25) is 0 Å². The van der Waals surface area contributed by atoms with Crippen molar-refractivity contribution in [2.24, 2.45) is 7.05 Å². The highest BCUT2D eigenvalue weighted by Crippen LogP contribution is 2.26. The molecule has 2 N–H and O–H groups in total. The van der Waals surface area contributed by atoms with Crippen LogP contribution in [0.25, 0.3) is 11.4 Å². The summed E-state index contributed by atoms with van der Waals surface area (Å²) in [5, 5.41) is 4.91. The number of nitrogens with zero attached hydrogens (tertiary/aromatic N) is 3. The molecule has 0 bridgehead atoms. The molecule has 5 heteroatoms. The Balaban J connectivity index is 2.59. The average Bonchev–Trinajstić information content (AvgIpc) is 2.51. The second-order valence-corrected chi connectivity index (χ2v) is 3.74. The van der Waals surface area contributed by atoms with Crippen LogP contribution in [0.15, 0.2) is 18.2 Å². The van der Waals surface area contributed by atoms with Crippen molar-refractivity contribution in [3.63, 3.8) is 0 Å². The van der Waals surface area contributed by atoms with Gasteiger partial charge in [0, 0.05) is 17.6 Å². The number of benzene rings is 1. The predicted molar refractivity (Wildman–Crippen MR) is 60.6 cm³/mol. The molecule has 1 heterocycles. The monoisotopic (exact) mass is 222 g/mol. The molecule has 1 aromatic carbocycles. The maximum Gasteiger partial charge on any atom is 0.218 e. The van der Waals surface area contributed by atoms with E-state index in [1.807, 2.05) is 25.1 Å². The first kappa shape index (κ1) is 9.98. The number of rotatable bonds is 1. The van der Waals surface area contributed by atoms with Crippen LogP contribution in [0.3, 0.4) is 0 Å². The van der Waals surface area contributed by atoms with Crippen molar-refractivity contribution in [1.82, 2.24) is 14.8 Å². The molecule has 0 aliphatic rings. The van der Waals surface area contributed by atoms with Crippen LogP contribution >= 0.6 is 11.6 Å². The Hall–Kier alpha value is -1.55. The molecule has 2 rings (SSSR count). The van der Waals surface area contributed by atoms with Crippen LogP contribution in [0.4, 0.5) is 5.95 Å². The van der Waals surface area contributed by atoms with E-state index in [4.69, 9.17) is 17.3 Å². The zero-order valence-corrected chi connectivity index (χ0v) is 9.28. The molecule has 0 saturated carbocycles. The Labute approximate surface area is 92.7 Å². The molecule has 15 heavy (non-hydrogen) atoms. The Morgan fingerprint density at radius 3 is 2.73 bits per heavy atom. The van der Waals surface area contributed by atoms with Crippen LogP contribution < -0.4 is 5.73 Å². The van der Waals surface area contributed by atoms with Crippen molar-refractivity contribution >= 4 is 17.5 Å². The number of nitrogens with two attached hydrogens (primary N) is 1. The third-order valence-corrected chi connectivity index (χ3v) is 2.71. The minimum atomic E-state index is 0.393. The highest BCUT2D eigenvalue weighted by atomic mass is 35.5. The molecule has 0 fully saturated rings. The van der Waals surface area contributed by atoms with Crippen molar-refractivity contribution in [3.8, 4) is 11.4 Å². The smallest absolute Gasteiger partial charge is 0.218 e. The van der Waals surface area contributed by atoms with Crippen LogP contribution in [-0.2, 0) is 7.05 Å². The number of aryl methyl sites for hydroxylation is 1. The van der Waals surface area contributed by atoms with Crippen LogP contribution in [-0.4, -0.2) is 14.8 Å². The van der Waals surface area contributed by atoms with E-state index >= 15 is 0 Å². The van der Waals surface area contributed by atoms with Crippen LogP contribution in [0.5, 0.6) is 0 Å². The molecule has 1 aromatic heterocycles. The van der Waals surface area contributed by atoms with E-state index in [-0.39, 0.29) is 0 Å². The lowest BCUT2D eigenvalue weighted by Crippen LogP contribution is -1.97. The highest BCUT2D eigenvalue weighted by molar-refractivity contribution is 6.31. The van der Waals surface area contributed by atoms with Gasteiger partial charge in [-0.15, -0.1) is 5.10 Å². The van der Waals surface area contributed by atoms with Gasteiger partial charge < -0.3 is 5.73 Å². The third-order valence-electron chi connectivity index (χ3n) is 2.31. The van der Waals surface area contributed by atoms with Gasteiger partial charge in [0.25, 0.3) is 0 Å². The molecule has 0 atom stereocenters. The SMILES string of the molecule is Cc1c(Cl)cccc1-c1nc(N)n(C)n1. The van der Waals surface area contributed by atoms with Gasteiger partial charge >= 0.3 is 0 Å². The third kappa shape index (κ3) is 1.68. The lowest BCUT2D eigenvalue weighted by Gasteiger charge is -2.02. The average molecular weight is 223 g/mol. The first-order chi connectivity index (χ1) is 7.09. The Kier molecular flexibility index (Phi) is 2.36. The number of halogens is 1. The lowest BCUT2D eigenvalue weighted by atomic mass is 10.1. The van der Waals surface area contributed by atoms with E-state index in [0.29, 0.717) is 16.8 Å². The largest absolute Gasteiger partial charge is 0.368 e. The maximum atomic E-state index is 6.02. The van der Waals surface area contributed by atoms with Crippen LogP contribution in [0.1, 0.15) is 5.56 Å². The Morgan fingerprint density at radius 1 is 1.40 bits per heavy atom. The van der Waals surface area contributed by atoms with Crippen LogP contribution in [0, 0.1) is 6.92 Å². The topological polar surface area (TPSA) is 56.7 Å². The molecule has 0 saturated heterocycles. The molecule has 0 radical (unpaired) electrons. The van der Waals surface area contributed by atoms with Gasteiger partial charge in [-0.1, -0.05) is 23.7 Å². The number of aromatic nitrogens is 3. The van der Waals surface area contributed by atoms with Crippen molar-refractivity contribution in [2.45, 2.75) is 6.92 Å². The van der Waals surface area contributed by atoms with Gasteiger partial charge in [0.05, 0.1) is 0 Å². The predicted octanol–water partition coefficient (Wildman–Crippen LogP) is 2.03. The first-order valence-electron chi connectivity index (χ1n) is 4.51. The van der Waals surface area contributed by atoms with Crippen molar-refractivity contribution in [1.29, 1.82) is 0 Å². The lowest BCUT2D eigenvalue weighted by molar-refractivity contribution is 0.780. The van der Waals surface area contributed by atoms with E-state index in [1.54, 1.807) is 7.05 Å². The van der Waals surface area contributed by atoms with E-state index in [1.165, 1.54) is 4.68 Å². The zero-order chi connectivity index (χ0) is 11.0. The molecule has 0 amide bonds. The van der Waals surface area contributed by atoms with Crippen molar-refractivity contribution in [2.75, 3.05) is 5.73 Å². The van der Waals surface area contributed by atoms with Crippen LogP contribution in [0.2, 0.25) is 5.02 Å². The second-order valence-electron chi connectivity index (χ2n) is 3.33. The van der Waals surface area contributed by atoms with Gasteiger partial charge in [-0.25, -0.2) is 4.68 Å². The summed E-state index contributed by atoms with van der Waals surface area (Å²) in [7, 11) is 1.76. The fourth-order valence-electron chi connectivity index (χ4n) is 1.36. The molecule has 0 aliphatic heterocycles. The number of hydrogen-bond acceptors (Lipinski definition) is 3. The summed E-state index contributed by atoms with van der Waals surface area (Å²) in [5.74, 6) is 0.999. The number of anilines is 1. The van der Waals surface area contributed by atoms with E-state index in [9.17, 15) is 0 Å². The highest BCUT2D eigenvalue weighted by Gasteiger charge is 2.10. The zero-order valence-electron chi connectivity index (χ0n) is 8.53. The summed E-state index contributed by atoms with van der Waals surface area (Å²) in [6, 6.07) is 5.64. The fourth-order valence-corrected chi connectivity index (χ4v) is 1.53. The summed E-state index contributed by atoms with van der Waals surface area (Å²) in [5.41, 5.74) is 7.50. The molecular weight excluding hydrogens is 212 g/mol. The Bertz CT molecular complexity index is 485. The summed E-state index contributed by atoms with van der Waals surface area (Å²) < 4.78 is 1.54. The van der Waals surface area contributed by atoms with Crippen molar-refractivity contribution < 1.29 is 0 Å². The maximum absolute atomic E-state index is 6.02.